The Hall–Kier alpha value is -1.60. The van der Waals surface area contributed by atoms with Gasteiger partial charge in [0.1, 0.15) is 0 Å². The molecular weight excluding hydrogens is 256 g/mol. The van der Waals surface area contributed by atoms with Crippen molar-refractivity contribution in [2.45, 2.75) is 39.2 Å². The molecule has 2 atom stereocenters. The van der Waals surface area contributed by atoms with E-state index >= 15 is 0 Å². The van der Waals surface area contributed by atoms with Gasteiger partial charge < -0.3 is 5.11 Å². The Morgan fingerprint density at radius 1 is 0.857 bits per heavy atom. The van der Waals surface area contributed by atoms with Crippen LogP contribution < -0.4 is 0 Å². The standard InChI is InChI=1S/C20H26O/c1-16(2)14-17(3)20(21,19-12-8-5-9-13-19)15-18-10-6-4-7-11-18/h4-13,16-17,21H,14-15H2,1-3H3/t17-,20-/m0/s1. The largest absolute Gasteiger partial charge is 0.385 e. The Kier molecular flexibility index (Phi) is 5.19. The third-order valence-electron chi connectivity index (χ3n) is 4.23. The molecule has 0 aromatic heterocycles. The maximum atomic E-state index is 11.5. The Morgan fingerprint density at radius 3 is 1.90 bits per heavy atom. The molecule has 0 amide bonds. The van der Waals surface area contributed by atoms with Crippen LogP contribution in [0.15, 0.2) is 60.7 Å². The average molecular weight is 282 g/mol. The van der Waals surface area contributed by atoms with Crippen molar-refractivity contribution in [2.75, 3.05) is 0 Å². The highest BCUT2D eigenvalue weighted by Crippen LogP contribution is 2.36. The van der Waals surface area contributed by atoms with Gasteiger partial charge in [0.25, 0.3) is 0 Å². The number of hydrogen-bond acceptors (Lipinski definition) is 1. The molecule has 21 heavy (non-hydrogen) atoms. The highest BCUT2D eigenvalue weighted by Gasteiger charge is 2.35. The van der Waals surface area contributed by atoms with Crippen LogP contribution in [0.5, 0.6) is 0 Å². The van der Waals surface area contributed by atoms with Gasteiger partial charge in [-0.1, -0.05) is 81.4 Å². The van der Waals surface area contributed by atoms with Crippen molar-refractivity contribution in [1.29, 1.82) is 0 Å². The summed E-state index contributed by atoms with van der Waals surface area (Å²) in [6.45, 7) is 6.59. The zero-order chi connectivity index (χ0) is 15.3. The van der Waals surface area contributed by atoms with Gasteiger partial charge in [0.15, 0.2) is 0 Å². The van der Waals surface area contributed by atoms with Crippen molar-refractivity contribution < 1.29 is 5.11 Å². The summed E-state index contributed by atoms with van der Waals surface area (Å²) in [4.78, 5) is 0. The van der Waals surface area contributed by atoms with E-state index in [4.69, 9.17) is 0 Å². The van der Waals surface area contributed by atoms with Gasteiger partial charge in [-0.2, -0.15) is 0 Å². The maximum Gasteiger partial charge on any atom is 0.0962 e. The van der Waals surface area contributed by atoms with Crippen LogP contribution >= 0.6 is 0 Å². The summed E-state index contributed by atoms with van der Waals surface area (Å²) in [5, 5.41) is 11.5. The number of hydrogen-bond donors (Lipinski definition) is 1. The Labute approximate surface area is 128 Å². The van der Waals surface area contributed by atoms with E-state index in [1.54, 1.807) is 0 Å². The highest BCUT2D eigenvalue weighted by molar-refractivity contribution is 5.27. The van der Waals surface area contributed by atoms with Crippen molar-refractivity contribution in [1.82, 2.24) is 0 Å². The van der Waals surface area contributed by atoms with E-state index in [0.717, 1.165) is 12.0 Å². The minimum absolute atomic E-state index is 0.208. The van der Waals surface area contributed by atoms with Gasteiger partial charge >= 0.3 is 0 Å². The number of aliphatic hydroxyl groups is 1. The minimum atomic E-state index is -0.813. The predicted molar refractivity (Wildman–Crippen MR) is 89.1 cm³/mol. The summed E-state index contributed by atoms with van der Waals surface area (Å²) in [5.41, 5.74) is 1.38. The molecule has 1 N–H and O–H groups in total. The summed E-state index contributed by atoms with van der Waals surface area (Å²) >= 11 is 0. The van der Waals surface area contributed by atoms with Crippen LogP contribution in [-0.4, -0.2) is 5.11 Å². The van der Waals surface area contributed by atoms with Crippen LogP contribution in [0.3, 0.4) is 0 Å². The van der Waals surface area contributed by atoms with E-state index in [2.05, 4.69) is 32.9 Å². The van der Waals surface area contributed by atoms with E-state index in [-0.39, 0.29) is 5.92 Å². The first-order valence-electron chi connectivity index (χ1n) is 7.84. The third kappa shape index (κ3) is 3.95. The van der Waals surface area contributed by atoms with E-state index in [1.807, 2.05) is 48.5 Å². The molecule has 112 valence electrons. The molecule has 0 fully saturated rings. The summed E-state index contributed by atoms with van der Waals surface area (Å²) in [7, 11) is 0. The van der Waals surface area contributed by atoms with Gasteiger partial charge in [-0.15, -0.1) is 0 Å². The second kappa shape index (κ2) is 6.91. The van der Waals surface area contributed by atoms with Crippen molar-refractivity contribution in [2.24, 2.45) is 11.8 Å². The summed E-state index contributed by atoms with van der Waals surface area (Å²) in [6.07, 6.45) is 1.67. The monoisotopic (exact) mass is 282 g/mol. The van der Waals surface area contributed by atoms with Crippen LogP contribution in [0.4, 0.5) is 0 Å². The van der Waals surface area contributed by atoms with Gasteiger partial charge in [-0.3, -0.25) is 0 Å². The van der Waals surface area contributed by atoms with Crippen LogP contribution in [-0.2, 0) is 12.0 Å². The molecule has 0 heterocycles. The smallest absolute Gasteiger partial charge is 0.0962 e. The zero-order valence-electron chi connectivity index (χ0n) is 13.3. The van der Waals surface area contributed by atoms with E-state index in [9.17, 15) is 5.11 Å². The molecule has 0 aliphatic rings. The van der Waals surface area contributed by atoms with Gasteiger partial charge in [0, 0.05) is 6.42 Å². The van der Waals surface area contributed by atoms with E-state index in [0.29, 0.717) is 12.3 Å². The first-order valence-corrected chi connectivity index (χ1v) is 7.84. The Morgan fingerprint density at radius 2 is 1.38 bits per heavy atom. The fraction of sp³-hybridized carbons (Fsp3) is 0.400. The van der Waals surface area contributed by atoms with Crippen LogP contribution in [0, 0.1) is 11.8 Å². The topological polar surface area (TPSA) is 20.2 Å². The lowest BCUT2D eigenvalue weighted by Crippen LogP contribution is -2.36. The molecule has 0 unspecified atom stereocenters. The zero-order valence-corrected chi connectivity index (χ0v) is 13.3. The molecule has 0 spiro atoms. The average Bonchev–Trinajstić information content (AvgIpc) is 2.48. The predicted octanol–water partition coefficient (Wildman–Crippen LogP) is 4.80. The lowest BCUT2D eigenvalue weighted by atomic mass is 9.75. The molecular formula is C20H26O. The molecule has 0 aliphatic carbocycles. The molecule has 2 aromatic rings. The Bertz CT molecular complexity index is 532. The second-order valence-electron chi connectivity index (χ2n) is 6.48. The molecule has 0 aliphatic heterocycles. The number of benzene rings is 2. The molecule has 2 aromatic carbocycles. The highest BCUT2D eigenvalue weighted by atomic mass is 16.3. The first-order chi connectivity index (χ1) is 10.0. The minimum Gasteiger partial charge on any atom is -0.385 e. The van der Waals surface area contributed by atoms with Crippen LogP contribution in [0.1, 0.15) is 38.3 Å². The Balaban J connectivity index is 2.34. The molecule has 0 bridgehead atoms. The van der Waals surface area contributed by atoms with Crippen molar-refractivity contribution >= 4 is 0 Å². The molecule has 1 nitrogen and oxygen atoms in total. The van der Waals surface area contributed by atoms with E-state index in [1.165, 1.54) is 5.56 Å². The summed E-state index contributed by atoms with van der Waals surface area (Å²) in [6, 6.07) is 20.4. The number of rotatable bonds is 6. The molecule has 0 saturated carbocycles. The molecule has 0 saturated heterocycles. The van der Waals surface area contributed by atoms with Gasteiger partial charge in [0.05, 0.1) is 5.60 Å². The SMILES string of the molecule is CC(C)C[C@H](C)[C@@](O)(Cc1ccccc1)c1ccccc1. The summed E-state index contributed by atoms with van der Waals surface area (Å²) < 4.78 is 0. The molecule has 1 heteroatoms. The fourth-order valence-electron chi connectivity index (χ4n) is 3.10. The van der Waals surface area contributed by atoms with Gasteiger partial charge in [-0.25, -0.2) is 0 Å². The first kappa shape index (κ1) is 15.8. The third-order valence-corrected chi connectivity index (χ3v) is 4.23. The van der Waals surface area contributed by atoms with Crippen LogP contribution in [0.25, 0.3) is 0 Å². The lowest BCUT2D eigenvalue weighted by Gasteiger charge is -2.36. The van der Waals surface area contributed by atoms with Crippen molar-refractivity contribution in [3.8, 4) is 0 Å². The summed E-state index contributed by atoms with van der Waals surface area (Å²) in [5.74, 6) is 0.783. The van der Waals surface area contributed by atoms with Crippen molar-refractivity contribution in [3.05, 3.63) is 71.8 Å². The maximum absolute atomic E-state index is 11.5. The normalized spacial score (nSPS) is 15.7. The second-order valence-corrected chi connectivity index (χ2v) is 6.48. The van der Waals surface area contributed by atoms with Crippen molar-refractivity contribution in [3.63, 3.8) is 0 Å². The molecule has 0 radical (unpaired) electrons. The fourth-order valence-corrected chi connectivity index (χ4v) is 3.10. The lowest BCUT2D eigenvalue weighted by molar-refractivity contribution is -0.0247. The quantitative estimate of drug-likeness (QED) is 0.807. The molecule has 2 rings (SSSR count). The van der Waals surface area contributed by atoms with Crippen LogP contribution in [0.2, 0.25) is 0 Å². The van der Waals surface area contributed by atoms with Gasteiger partial charge in [-0.05, 0) is 29.4 Å². The van der Waals surface area contributed by atoms with E-state index < -0.39 is 5.60 Å². The van der Waals surface area contributed by atoms with Gasteiger partial charge in [0.2, 0.25) is 0 Å².